The first kappa shape index (κ1) is 15.7. The van der Waals surface area contributed by atoms with E-state index in [2.05, 4.69) is 23.5 Å². The number of carbonyl (C=O) groups excluding carboxylic acids is 1. The lowest BCUT2D eigenvalue weighted by Gasteiger charge is -2.18. The van der Waals surface area contributed by atoms with Gasteiger partial charge in [-0.15, -0.1) is 0 Å². The maximum atomic E-state index is 11.8. The predicted molar refractivity (Wildman–Crippen MR) is 77.9 cm³/mol. The molecule has 0 saturated heterocycles. The molecule has 3 heteroatoms. The summed E-state index contributed by atoms with van der Waals surface area (Å²) in [5, 5.41) is 12.6. The van der Waals surface area contributed by atoms with E-state index in [1.165, 1.54) is 11.1 Å². The van der Waals surface area contributed by atoms with Gasteiger partial charge in [-0.1, -0.05) is 43.2 Å². The number of carbonyl (C=O) groups is 1. The van der Waals surface area contributed by atoms with Gasteiger partial charge in [-0.05, 0) is 32.3 Å². The zero-order chi connectivity index (χ0) is 14.6. The molecular weight excluding hydrogens is 238 g/mol. The zero-order valence-electron chi connectivity index (χ0n) is 12.5. The summed E-state index contributed by atoms with van der Waals surface area (Å²) in [5.41, 5.74) is 3.49. The molecule has 0 bridgehead atoms. The van der Waals surface area contributed by atoms with Gasteiger partial charge in [0.25, 0.3) is 0 Å². The van der Waals surface area contributed by atoms with Crippen molar-refractivity contribution < 1.29 is 9.90 Å². The first-order chi connectivity index (χ1) is 8.79. The second-order valence-corrected chi connectivity index (χ2v) is 5.73. The minimum Gasteiger partial charge on any atom is -0.392 e. The Morgan fingerprint density at radius 2 is 1.68 bits per heavy atom. The summed E-state index contributed by atoms with van der Waals surface area (Å²) < 4.78 is 0. The van der Waals surface area contributed by atoms with Crippen LogP contribution >= 0.6 is 0 Å². The third-order valence-corrected chi connectivity index (χ3v) is 3.29. The number of hydrogen-bond acceptors (Lipinski definition) is 2. The van der Waals surface area contributed by atoms with Crippen LogP contribution in [0, 0.1) is 19.8 Å². The standard InChI is InChI=1S/C16H25NO2/c1-10(2)15(18)9-16(19)17-13(5)14-7-11(3)6-12(4)8-14/h6-8,10,13,15,18H,9H2,1-5H3,(H,17,19). The van der Waals surface area contributed by atoms with E-state index in [0.717, 1.165) is 5.56 Å². The van der Waals surface area contributed by atoms with Crippen LogP contribution in [0.15, 0.2) is 18.2 Å². The normalized spacial score (nSPS) is 14.3. The van der Waals surface area contributed by atoms with E-state index >= 15 is 0 Å². The van der Waals surface area contributed by atoms with Crippen molar-refractivity contribution in [3.63, 3.8) is 0 Å². The van der Waals surface area contributed by atoms with Gasteiger partial charge in [-0.25, -0.2) is 0 Å². The van der Waals surface area contributed by atoms with Crippen LogP contribution < -0.4 is 5.32 Å². The van der Waals surface area contributed by atoms with Crippen LogP contribution in [-0.2, 0) is 4.79 Å². The van der Waals surface area contributed by atoms with E-state index < -0.39 is 6.10 Å². The van der Waals surface area contributed by atoms with Crippen LogP contribution in [0.1, 0.15) is 49.9 Å². The lowest BCUT2D eigenvalue weighted by atomic mass is 10.0. The van der Waals surface area contributed by atoms with Crippen molar-refractivity contribution in [1.82, 2.24) is 5.32 Å². The van der Waals surface area contributed by atoms with Crippen LogP contribution in [0.3, 0.4) is 0 Å². The monoisotopic (exact) mass is 263 g/mol. The molecule has 0 aliphatic heterocycles. The van der Waals surface area contributed by atoms with E-state index in [-0.39, 0.29) is 24.3 Å². The number of nitrogens with one attached hydrogen (secondary N) is 1. The molecule has 19 heavy (non-hydrogen) atoms. The summed E-state index contributed by atoms with van der Waals surface area (Å²) >= 11 is 0. The average Bonchev–Trinajstić information content (AvgIpc) is 2.26. The van der Waals surface area contributed by atoms with Gasteiger partial charge in [0, 0.05) is 0 Å². The molecule has 2 unspecified atom stereocenters. The van der Waals surface area contributed by atoms with Crippen LogP contribution in [0.2, 0.25) is 0 Å². The molecule has 1 aromatic rings. The molecule has 0 radical (unpaired) electrons. The lowest BCUT2D eigenvalue weighted by Crippen LogP contribution is -2.31. The lowest BCUT2D eigenvalue weighted by molar-refractivity contribution is -0.124. The molecule has 0 aliphatic carbocycles. The minimum absolute atomic E-state index is 0.0366. The average molecular weight is 263 g/mol. The van der Waals surface area contributed by atoms with E-state index in [0.29, 0.717) is 0 Å². The van der Waals surface area contributed by atoms with Crippen LogP contribution in [0.25, 0.3) is 0 Å². The van der Waals surface area contributed by atoms with Crippen molar-refractivity contribution in [3.8, 4) is 0 Å². The quantitative estimate of drug-likeness (QED) is 0.858. The van der Waals surface area contributed by atoms with Crippen molar-refractivity contribution in [2.24, 2.45) is 5.92 Å². The molecule has 1 aromatic carbocycles. The summed E-state index contributed by atoms with van der Waals surface area (Å²) in [5.74, 6) is -0.00451. The molecular formula is C16H25NO2. The van der Waals surface area contributed by atoms with E-state index in [1.54, 1.807) is 0 Å². The fourth-order valence-corrected chi connectivity index (χ4v) is 2.07. The second-order valence-electron chi connectivity index (χ2n) is 5.73. The Hall–Kier alpha value is -1.35. The maximum Gasteiger partial charge on any atom is 0.223 e. The first-order valence-electron chi connectivity index (χ1n) is 6.85. The number of amides is 1. The molecule has 3 nitrogen and oxygen atoms in total. The Bertz CT molecular complexity index is 420. The first-order valence-corrected chi connectivity index (χ1v) is 6.85. The molecule has 0 aliphatic rings. The number of hydrogen-bond donors (Lipinski definition) is 2. The molecule has 2 atom stereocenters. The summed E-state index contributed by atoms with van der Waals surface area (Å²) in [6.07, 6.45) is -0.418. The van der Waals surface area contributed by atoms with Crippen LogP contribution in [-0.4, -0.2) is 17.1 Å². The second kappa shape index (κ2) is 6.71. The topological polar surface area (TPSA) is 49.3 Å². The van der Waals surface area contributed by atoms with Gasteiger partial charge < -0.3 is 10.4 Å². The number of aryl methyl sites for hydroxylation is 2. The smallest absolute Gasteiger partial charge is 0.223 e. The van der Waals surface area contributed by atoms with Gasteiger partial charge in [-0.3, -0.25) is 4.79 Å². The number of rotatable bonds is 5. The highest BCUT2D eigenvalue weighted by atomic mass is 16.3. The molecule has 0 heterocycles. The molecule has 1 amide bonds. The Labute approximate surface area is 116 Å². The van der Waals surface area contributed by atoms with Gasteiger partial charge in [0.2, 0.25) is 5.91 Å². The van der Waals surface area contributed by atoms with E-state index in [4.69, 9.17) is 0 Å². The van der Waals surface area contributed by atoms with Crippen LogP contribution in [0.4, 0.5) is 0 Å². The zero-order valence-corrected chi connectivity index (χ0v) is 12.5. The molecule has 0 saturated carbocycles. The number of benzene rings is 1. The molecule has 0 fully saturated rings. The number of aliphatic hydroxyl groups excluding tert-OH is 1. The van der Waals surface area contributed by atoms with Gasteiger partial charge in [0.1, 0.15) is 0 Å². The summed E-state index contributed by atoms with van der Waals surface area (Å²) in [7, 11) is 0. The van der Waals surface area contributed by atoms with Crippen molar-refractivity contribution in [3.05, 3.63) is 34.9 Å². The molecule has 1 rings (SSSR count). The van der Waals surface area contributed by atoms with Crippen LogP contribution in [0.5, 0.6) is 0 Å². The van der Waals surface area contributed by atoms with E-state index in [9.17, 15) is 9.90 Å². The van der Waals surface area contributed by atoms with Gasteiger partial charge in [0.05, 0.1) is 18.6 Å². The third kappa shape index (κ3) is 5.03. The molecule has 2 N–H and O–H groups in total. The summed E-state index contributed by atoms with van der Waals surface area (Å²) in [6, 6.07) is 6.24. The highest BCUT2D eigenvalue weighted by Gasteiger charge is 2.16. The summed E-state index contributed by atoms with van der Waals surface area (Å²) in [6.45, 7) is 9.88. The SMILES string of the molecule is Cc1cc(C)cc(C(C)NC(=O)CC(O)C(C)C)c1. The minimum atomic E-state index is -0.577. The molecule has 0 spiro atoms. The van der Waals surface area contributed by atoms with Crippen molar-refractivity contribution in [1.29, 1.82) is 0 Å². The largest absolute Gasteiger partial charge is 0.392 e. The maximum absolute atomic E-state index is 11.8. The van der Waals surface area contributed by atoms with Gasteiger partial charge >= 0.3 is 0 Å². The Kier molecular flexibility index (Phi) is 5.55. The van der Waals surface area contributed by atoms with Crippen molar-refractivity contribution in [2.75, 3.05) is 0 Å². The van der Waals surface area contributed by atoms with Crippen molar-refractivity contribution in [2.45, 2.75) is 53.2 Å². The Morgan fingerprint density at radius 3 is 2.16 bits per heavy atom. The Morgan fingerprint density at radius 1 is 1.16 bits per heavy atom. The van der Waals surface area contributed by atoms with Crippen molar-refractivity contribution >= 4 is 5.91 Å². The molecule has 106 valence electrons. The fourth-order valence-electron chi connectivity index (χ4n) is 2.07. The van der Waals surface area contributed by atoms with E-state index in [1.807, 2.05) is 34.6 Å². The third-order valence-electron chi connectivity index (χ3n) is 3.29. The predicted octanol–water partition coefficient (Wildman–Crippen LogP) is 2.89. The molecule has 0 aromatic heterocycles. The summed E-state index contributed by atoms with van der Waals surface area (Å²) in [4.78, 5) is 11.8. The van der Waals surface area contributed by atoms with Gasteiger partial charge in [-0.2, -0.15) is 0 Å². The fraction of sp³-hybridized carbons (Fsp3) is 0.562. The number of aliphatic hydroxyl groups is 1. The van der Waals surface area contributed by atoms with Gasteiger partial charge in [0.15, 0.2) is 0 Å². The Balaban J connectivity index is 2.63. The highest BCUT2D eigenvalue weighted by molar-refractivity contribution is 5.76. The highest BCUT2D eigenvalue weighted by Crippen LogP contribution is 2.17.